The van der Waals surface area contributed by atoms with Crippen LogP contribution in [0.25, 0.3) is 10.9 Å². The van der Waals surface area contributed by atoms with Crippen LogP contribution < -0.4 is 0 Å². The zero-order valence-electron chi connectivity index (χ0n) is 10.6. The van der Waals surface area contributed by atoms with Crippen LogP contribution in [0.1, 0.15) is 11.1 Å². The van der Waals surface area contributed by atoms with Crippen LogP contribution in [-0.2, 0) is 0 Å². The average Bonchev–Trinajstić information content (AvgIpc) is 2.82. The molecule has 5 heteroatoms. The molecule has 96 valence electrons. The highest BCUT2D eigenvalue weighted by molar-refractivity contribution is 7.99. The van der Waals surface area contributed by atoms with Gasteiger partial charge in [-0.05, 0) is 37.1 Å². The zero-order valence-corrected chi connectivity index (χ0v) is 12.1. The van der Waals surface area contributed by atoms with Gasteiger partial charge >= 0.3 is 0 Å². The molecular formula is C14H12ClN3S. The predicted molar refractivity (Wildman–Crippen MR) is 78.9 cm³/mol. The fraction of sp³-hybridized carbons (Fsp3) is 0.143. The van der Waals surface area contributed by atoms with Crippen LogP contribution >= 0.6 is 23.4 Å². The molecule has 3 aromatic rings. The van der Waals surface area contributed by atoms with Gasteiger partial charge in [0.25, 0.3) is 0 Å². The molecule has 2 aromatic heterocycles. The third kappa shape index (κ3) is 2.33. The van der Waals surface area contributed by atoms with Crippen molar-refractivity contribution >= 4 is 34.3 Å². The molecule has 0 saturated heterocycles. The lowest BCUT2D eigenvalue weighted by atomic mass is 10.2. The van der Waals surface area contributed by atoms with Crippen molar-refractivity contribution in [3.05, 3.63) is 46.6 Å². The predicted octanol–water partition coefficient (Wildman–Crippen LogP) is 4.38. The number of H-pyrrole nitrogens is 1. The molecule has 3 nitrogen and oxygen atoms in total. The standard InChI is InChI=1S/C14H12ClN3S/c1-8-9(2)14(18-17-13(8)15)19-12-7-10-5-3-4-6-11(10)16-12/h3-7,16H,1-2H3. The lowest BCUT2D eigenvalue weighted by molar-refractivity contribution is 0.890. The first kappa shape index (κ1) is 12.5. The fourth-order valence-electron chi connectivity index (χ4n) is 1.86. The number of halogens is 1. The van der Waals surface area contributed by atoms with Crippen molar-refractivity contribution in [1.29, 1.82) is 0 Å². The molecule has 0 atom stereocenters. The van der Waals surface area contributed by atoms with E-state index in [0.717, 1.165) is 26.7 Å². The summed E-state index contributed by atoms with van der Waals surface area (Å²) >= 11 is 7.54. The number of aromatic amines is 1. The Morgan fingerprint density at radius 2 is 1.89 bits per heavy atom. The maximum atomic E-state index is 5.96. The summed E-state index contributed by atoms with van der Waals surface area (Å²) in [6.45, 7) is 3.97. The summed E-state index contributed by atoms with van der Waals surface area (Å²) in [6.07, 6.45) is 0. The highest BCUT2D eigenvalue weighted by Crippen LogP contribution is 2.32. The van der Waals surface area contributed by atoms with E-state index in [1.165, 1.54) is 5.39 Å². The van der Waals surface area contributed by atoms with E-state index < -0.39 is 0 Å². The van der Waals surface area contributed by atoms with E-state index in [9.17, 15) is 0 Å². The number of aromatic nitrogens is 3. The second-order valence-corrected chi connectivity index (χ2v) is 5.76. The number of hydrogen-bond donors (Lipinski definition) is 1. The Bertz CT molecular complexity index is 719. The normalized spacial score (nSPS) is 11.1. The number of nitrogens with zero attached hydrogens (tertiary/aromatic N) is 2. The lowest BCUT2D eigenvalue weighted by Gasteiger charge is -2.05. The van der Waals surface area contributed by atoms with E-state index in [4.69, 9.17) is 11.6 Å². The first-order chi connectivity index (χ1) is 9.15. The Morgan fingerprint density at radius 3 is 2.68 bits per heavy atom. The first-order valence-corrected chi connectivity index (χ1v) is 7.09. The maximum absolute atomic E-state index is 5.96. The summed E-state index contributed by atoms with van der Waals surface area (Å²) in [5.74, 6) is 0. The summed E-state index contributed by atoms with van der Waals surface area (Å²) in [4.78, 5) is 3.37. The van der Waals surface area contributed by atoms with E-state index in [1.54, 1.807) is 11.8 Å². The molecule has 0 aliphatic rings. The minimum Gasteiger partial charge on any atom is -0.349 e. The molecular weight excluding hydrogens is 278 g/mol. The SMILES string of the molecule is Cc1c(Cl)nnc(Sc2cc3ccccc3[nH]2)c1C. The Balaban J connectivity index is 1.99. The monoisotopic (exact) mass is 289 g/mol. The number of benzene rings is 1. The molecule has 0 saturated carbocycles. The van der Waals surface area contributed by atoms with Gasteiger partial charge in [-0.25, -0.2) is 0 Å². The van der Waals surface area contributed by atoms with Crippen LogP contribution in [0.4, 0.5) is 0 Å². The van der Waals surface area contributed by atoms with E-state index in [-0.39, 0.29) is 0 Å². The first-order valence-electron chi connectivity index (χ1n) is 5.90. The molecule has 0 fully saturated rings. The maximum Gasteiger partial charge on any atom is 0.154 e. The van der Waals surface area contributed by atoms with E-state index >= 15 is 0 Å². The van der Waals surface area contributed by atoms with Gasteiger partial charge in [-0.15, -0.1) is 10.2 Å². The van der Waals surface area contributed by atoms with E-state index in [1.807, 2.05) is 26.0 Å². The minimum absolute atomic E-state index is 0.471. The third-order valence-corrected chi connectivity index (χ3v) is 4.51. The van der Waals surface area contributed by atoms with E-state index in [2.05, 4.69) is 33.4 Å². The van der Waals surface area contributed by atoms with Crippen molar-refractivity contribution in [2.45, 2.75) is 23.9 Å². The Hall–Kier alpha value is -1.52. The van der Waals surface area contributed by atoms with Crippen LogP contribution in [0.2, 0.25) is 5.15 Å². The van der Waals surface area contributed by atoms with Crippen molar-refractivity contribution in [3.63, 3.8) is 0 Å². The van der Waals surface area contributed by atoms with Crippen molar-refractivity contribution in [2.75, 3.05) is 0 Å². The average molecular weight is 290 g/mol. The molecule has 1 aromatic carbocycles. The topological polar surface area (TPSA) is 41.6 Å². The molecule has 1 N–H and O–H groups in total. The largest absolute Gasteiger partial charge is 0.349 e. The Labute approximate surface area is 120 Å². The quantitative estimate of drug-likeness (QED) is 0.761. The van der Waals surface area contributed by atoms with Crippen molar-refractivity contribution in [1.82, 2.24) is 15.2 Å². The Kier molecular flexibility index (Phi) is 3.21. The van der Waals surface area contributed by atoms with Gasteiger partial charge < -0.3 is 4.98 Å². The second-order valence-electron chi connectivity index (χ2n) is 4.37. The number of hydrogen-bond acceptors (Lipinski definition) is 3. The molecule has 0 spiro atoms. The fourth-order valence-corrected chi connectivity index (χ4v) is 2.98. The van der Waals surface area contributed by atoms with Gasteiger partial charge in [-0.3, -0.25) is 0 Å². The molecule has 2 heterocycles. The number of para-hydroxylation sites is 1. The molecule has 0 radical (unpaired) electrons. The smallest absolute Gasteiger partial charge is 0.154 e. The molecule has 0 amide bonds. The van der Waals surface area contributed by atoms with Gasteiger partial charge in [0.1, 0.15) is 5.03 Å². The van der Waals surface area contributed by atoms with Crippen LogP contribution in [0, 0.1) is 13.8 Å². The summed E-state index contributed by atoms with van der Waals surface area (Å²) in [5.41, 5.74) is 3.18. The summed E-state index contributed by atoms with van der Waals surface area (Å²) in [6, 6.07) is 10.3. The summed E-state index contributed by atoms with van der Waals surface area (Å²) in [5, 5.41) is 11.7. The van der Waals surface area contributed by atoms with Crippen molar-refractivity contribution in [3.8, 4) is 0 Å². The molecule has 0 bridgehead atoms. The van der Waals surface area contributed by atoms with Crippen molar-refractivity contribution in [2.24, 2.45) is 0 Å². The number of nitrogens with one attached hydrogen (secondary N) is 1. The van der Waals surface area contributed by atoms with Crippen LogP contribution in [0.3, 0.4) is 0 Å². The van der Waals surface area contributed by atoms with Gasteiger partial charge in [0, 0.05) is 10.9 Å². The zero-order chi connectivity index (χ0) is 13.4. The van der Waals surface area contributed by atoms with Gasteiger partial charge in [0.15, 0.2) is 5.15 Å². The number of fused-ring (bicyclic) bond motifs is 1. The van der Waals surface area contributed by atoms with Crippen LogP contribution in [0.15, 0.2) is 40.4 Å². The van der Waals surface area contributed by atoms with Crippen LogP contribution in [0.5, 0.6) is 0 Å². The van der Waals surface area contributed by atoms with Gasteiger partial charge in [0.2, 0.25) is 0 Å². The molecule has 19 heavy (non-hydrogen) atoms. The summed E-state index contributed by atoms with van der Waals surface area (Å²) in [7, 11) is 0. The van der Waals surface area contributed by atoms with Crippen LogP contribution in [-0.4, -0.2) is 15.2 Å². The Morgan fingerprint density at radius 1 is 1.11 bits per heavy atom. The second kappa shape index (κ2) is 4.87. The third-order valence-electron chi connectivity index (χ3n) is 3.13. The van der Waals surface area contributed by atoms with Crippen molar-refractivity contribution < 1.29 is 0 Å². The molecule has 3 rings (SSSR count). The number of rotatable bonds is 2. The molecule has 0 aliphatic carbocycles. The molecule has 0 unspecified atom stereocenters. The molecule has 0 aliphatic heterocycles. The van der Waals surface area contributed by atoms with E-state index in [0.29, 0.717) is 5.15 Å². The van der Waals surface area contributed by atoms with Gasteiger partial charge in [-0.2, -0.15) is 0 Å². The van der Waals surface area contributed by atoms with Gasteiger partial charge in [0.05, 0.1) is 5.03 Å². The lowest BCUT2D eigenvalue weighted by Crippen LogP contribution is -1.95. The summed E-state index contributed by atoms with van der Waals surface area (Å²) < 4.78 is 0. The van der Waals surface area contributed by atoms with Gasteiger partial charge in [-0.1, -0.05) is 41.6 Å². The highest BCUT2D eigenvalue weighted by Gasteiger charge is 2.10. The minimum atomic E-state index is 0.471. The highest BCUT2D eigenvalue weighted by atomic mass is 35.5.